The van der Waals surface area contributed by atoms with Gasteiger partial charge in [0.25, 0.3) is 0 Å². The largest absolute Gasteiger partial charge is 0.396 e. The third kappa shape index (κ3) is 3.70. The van der Waals surface area contributed by atoms with Gasteiger partial charge in [-0.2, -0.15) is 0 Å². The average Bonchev–Trinajstić information content (AvgIpc) is 2.70. The van der Waals surface area contributed by atoms with Crippen LogP contribution in [0.3, 0.4) is 0 Å². The Balaban J connectivity index is 2.60. The summed E-state index contributed by atoms with van der Waals surface area (Å²) in [6.45, 7) is 6.20. The van der Waals surface area contributed by atoms with Crippen LogP contribution in [0.25, 0.3) is 0 Å². The Morgan fingerprint density at radius 1 is 1.50 bits per heavy atom. The molecule has 0 radical (unpaired) electrons. The molecule has 1 aromatic heterocycles. The molecule has 5 nitrogen and oxygen atoms in total. The Kier molecular flexibility index (Phi) is 5.65. The van der Waals surface area contributed by atoms with Crippen molar-refractivity contribution in [2.45, 2.75) is 32.9 Å². The van der Waals surface area contributed by atoms with Crippen molar-refractivity contribution in [1.29, 1.82) is 0 Å². The lowest BCUT2D eigenvalue weighted by Gasteiger charge is -2.25. The van der Waals surface area contributed by atoms with E-state index in [1.807, 2.05) is 7.05 Å². The van der Waals surface area contributed by atoms with E-state index in [4.69, 9.17) is 5.11 Å². The summed E-state index contributed by atoms with van der Waals surface area (Å²) in [5, 5.41) is 17.1. The van der Waals surface area contributed by atoms with E-state index >= 15 is 0 Å². The van der Waals surface area contributed by atoms with Crippen LogP contribution in [0.4, 0.5) is 5.00 Å². The highest BCUT2D eigenvalue weighted by atomic mass is 32.1. The Morgan fingerprint density at radius 3 is 2.81 bits per heavy atom. The van der Waals surface area contributed by atoms with E-state index < -0.39 is 0 Å². The average molecular weight is 244 g/mol. The molecule has 16 heavy (non-hydrogen) atoms. The molecule has 1 heterocycles. The monoisotopic (exact) mass is 244 g/mol. The van der Waals surface area contributed by atoms with E-state index in [0.29, 0.717) is 6.04 Å². The third-order valence-corrected chi connectivity index (χ3v) is 3.26. The first kappa shape index (κ1) is 13.3. The SMILES string of the molecule is CNc1snnc1CN(CCCO)C(C)C. The number of hydrogen-bond donors (Lipinski definition) is 2. The van der Waals surface area contributed by atoms with Crippen LogP contribution in [-0.2, 0) is 6.54 Å². The zero-order valence-corrected chi connectivity index (χ0v) is 10.9. The second kappa shape index (κ2) is 6.78. The standard InChI is InChI=1S/C10H20N4OS/c1-8(2)14(5-4-6-15)7-9-10(11-3)16-13-12-9/h8,11,15H,4-7H2,1-3H3. The van der Waals surface area contributed by atoms with Crippen LogP contribution in [0.15, 0.2) is 0 Å². The molecule has 0 spiro atoms. The first-order valence-corrected chi connectivity index (χ1v) is 6.30. The molecular weight excluding hydrogens is 224 g/mol. The van der Waals surface area contributed by atoms with Gasteiger partial charge in [-0.25, -0.2) is 0 Å². The maximum atomic E-state index is 8.86. The van der Waals surface area contributed by atoms with Gasteiger partial charge in [0.2, 0.25) is 0 Å². The van der Waals surface area contributed by atoms with Crippen LogP contribution in [-0.4, -0.2) is 45.8 Å². The van der Waals surface area contributed by atoms with Gasteiger partial charge in [-0.05, 0) is 20.3 Å². The van der Waals surface area contributed by atoms with Crippen molar-refractivity contribution in [3.63, 3.8) is 0 Å². The lowest BCUT2D eigenvalue weighted by Crippen LogP contribution is -2.32. The number of aromatic nitrogens is 2. The van der Waals surface area contributed by atoms with Crippen molar-refractivity contribution in [2.75, 3.05) is 25.5 Å². The van der Waals surface area contributed by atoms with Crippen LogP contribution in [0.5, 0.6) is 0 Å². The minimum atomic E-state index is 0.234. The number of hydrogen-bond acceptors (Lipinski definition) is 6. The quantitative estimate of drug-likeness (QED) is 0.754. The number of aliphatic hydroxyl groups is 1. The summed E-state index contributed by atoms with van der Waals surface area (Å²) in [4.78, 5) is 2.29. The predicted octanol–water partition coefficient (Wildman–Crippen LogP) is 1.17. The molecule has 0 fully saturated rings. The molecule has 1 rings (SSSR count). The van der Waals surface area contributed by atoms with Gasteiger partial charge in [0, 0.05) is 44.3 Å². The number of anilines is 1. The van der Waals surface area contributed by atoms with Gasteiger partial charge < -0.3 is 10.4 Å². The molecule has 0 unspecified atom stereocenters. The molecule has 1 aromatic rings. The summed E-state index contributed by atoms with van der Waals surface area (Å²) in [6, 6.07) is 0.443. The first-order chi connectivity index (χ1) is 7.69. The van der Waals surface area contributed by atoms with Crippen molar-refractivity contribution in [3.05, 3.63) is 5.69 Å². The summed E-state index contributed by atoms with van der Waals surface area (Å²) in [6.07, 6.45) is 0.796. The molecule has 0 saturated heterocycles. The van der Waals surface area contributed by atoms with E-state index in [-0.39, 0.29) is 6.61 Å². The molecule has 0 saturated carbocycles. The van der Waals surface area contributed by atoms with Crippen molar-refractivity contribution in [3.8, 4) is 0 Å². The summed E-state index contributed by atoms with van der Waals surface area (Å²) in [5.74, 6) is 0. The highest BCUT2D eigenvalue weighted by molar-refractivity contribution is 7.10. The van der Waals surface area contributed by atoms with Crippen LogP contribution in [0.2, 0.25) is 0 Å². The Bertz CT molecular complexity index is 303. The van der Waals surface area contributed by atoms with Crippen molar-refractivity contribution >= 4 is 16.5 Å². The normalized spacial score (nSPS) is 11.4. The zero-order chi connectivity index (χ0) is 12.0. The van der Waals surface area contributed by atoms with Crippen LogP contribution in [0, 0.1) is 0 Å². The van der Waals surface area contributed by atoms with Crippen LogP contribution in [0.1, 0.15) is 26.0 Å². The summed E-state index contributed by atoms with van der Waals surface area (Å²) in [7, 11) is 1.88. The summed E-state index contributed by atoms with van der Waals surface area (Å²) in [5.41, 5.74) is 0.985. The molecule has 0 atom stereocenters. The minimum absolute atomic E-state index is 0.234. The van der Waals surface area contributed by atoms with Crippen molar-refractivity contribution in [1.82, 2.24) is 14.5 Å². The Labute approximate surface area is 101 Å². The van der Waals surface area contributed by atoms with Gasteiger partial charge in [-0.1, -0.05) is 4.49 Å². The van der Waals surface area contributed by atoms with Crippen molar-refractivity contribution < 1.29 is 5.11 Å². The third-order valence-electron chi connectivity index (χ3n) is 2.47. The zero-order valence-electron chi connectivity index (χ0n) is 10.1. The van der Waals surface area contributed by atoms with E-state index in [0.717, 1.165) is 30.2 Å². The maximum absolute atomic E-state index is 8.86. The van der Waals surface area contributed by atoms with Gasteiger partial charge in [0.15, 0.2) is 0 Å². The molecule has 0 aliphatic rings. The number of aliphatic hydroxyl groups excluding tert-OH is 1. The van der Waals surface area contributed by atoms with Gasteiger partial charge in [-0.3, -0.25) is 4.90 Å². The maximum Gasteiger partial charge on any atom is 0.134 e. The van der Waals surface area contributed by atoms with Gasteiger partial charge in [-0.15, -0.1) is 5.10 Å². The molecule has 0 aliphatic heterocycles. The molecule has 0 bridgehead atoms. The van der Waals surface area contributed by atoms with E-state index in [1.54, 1.807) is 0 Å². The highest BCUT2D eigenvalue weighted by Crippen LogP contribution is 2.19. The fourth-order valence-electron chi connectivity index (χ4n) is 1.49. The first-order valence-electron chi connectivity index (χ1n) is 5.53. The summed E-state index contributed by atoms with van der Waals surface area (Å²) >= 11 is 1.38. The molecule has 0 aliphatic carbocycles. The highest BCUT2D eigenvalue weighted by Gasteiger charge is 2.14. The topological polar surface area (TPSA) is 61.3 Å². The number of nitrogens with one attached hydrogen (secondary N) is 1. The molecular formula is C10H20N4OS. The van der Waals surface area contributed by atoms with Crippen LogP contribution >= 0.6 is 11.5 Å². The second-order valence-electron chi connectivity index (χ2n) is 3.94. The van der Waals surface area contributed by atoms with E-state index in [9.17, 15) is 0 Å². The van der Waals surface area contributed by atoms with E-state index in [2.05, 4.69) is 33.7 Å². The van der Waals surface area contributed by atoms with Gasteiger partial charge >= 0.3 is 0 Å². The molecule has 0 amide bonds. The second-order valence-corrected chi connectivity index (χ2v) is 4.69. The molecule has 2 N–H and O–H groups in total. The van der Waals surface area contributed by atoms with Crippen molar-refractivity contribution in [2.24, 2.45) is 0 Å². The molecule has 92 valence electrons. The van der Waals surface area contributed by atoms with Gasteiger partial charge in [0.1, 0.15) is 10.7 Å². The molecule has 0 aromatic carbocycles. The summed E-state index contributed by atoms with van der Waals surface area (Å²) < 4.78 is 3.94. The smallest absolute Gasteiger partial charge is 0.134 e. The Morgan fingerprint density at radius 2 is 2.25 bits per heavy atom. The minimum Gasteiger partial charge on any atom is -0.396 e. The lowest BCUT2D eigenvalue weighted by atomic mass is 10.2. The number of rotatable bonds is 7. The molecule has 6 heteroatoms. The Hall–Kier alpha value is -0.720. The van der Waals surface area contributed by atoms with Crippen LogP contribution < -0.4 is 5.32 Å². The van der Waals surface area contributed by atoms with E-state index in [1.165, 1.54) is 11.5 Å². The number of nitrogens with zero attached hydrogens (tertiary/aromatic N) is 3. The lowest BCUT2D eigenvalue weighted by molar-refractivity contribution is 0.183. The van der Waals surface area contributed by atoms with Gasteiger partial charge in [0.05, 0.1) is 0 Å². The fourth-order valence-corrected chi connectivity index (χ4v) is 2.01. The fraction of sp³-hybridized carbons (Fsp3) is 0.800. The predicted molar refractivity (Wildman–Crippen MR) is 66.7 cm³/mol.